The van der Waals surface area contributed by atoms with Crippen LogP contribution in [0.1, 0.15) is 42.4 Å². The summed E-state index contributed by atoms with van der Waals surface area (Å²) < 4.78 is 80.9. The van der Waals surface area contributed by atoms with Crippen LogP contribution in [0.4, 0.5) is 32.0 Å². The van der Waals surface area contributed by atoms with Crippen LogP contribution in [0.2, 0.25) is 0 Å². The molecule has 1 aliphatic rings. The second kappa shape index (κ2) is 13.3. The first kappa shape index (κ1) is 32.0. The van der Waals surface area contributed by atoms with E-state index in [1.807, 2.05) is 54.6 Å². The lowest BCUT2D eigenvalue weighted by Gasteiger charge is -2.42. The average Bonchev–Trinajstić information content (AvgIpc) is 3.00. The van der Waals surface area contributed by atoms with E-state index in [-0.39, 0.29) is 28.6 Å². The molecule has 2 unspecified atom stereocenters. The molecule has 0 bridgehead atoms. The highest BCUT2D eigenvalue weighted by Gasteiger charge is 2.54. The Morgan fingerprint density at radius 1 is 0.682 bits per heavy atom. The van der Waals surface area contributed by atoms with E-state index < -0.39 is 30.7 Å². The van der Waals surface area contributed by atoms with Crippen LogP contribution in [0.5, 0.6) is 0 Å². The maximum Gasteiger partial charge on any atom is 0.416 e. The highest BCUT2D eigenvalue weighted by Crippen LogP contribution is 2.66. The number of alkyl halides is 6. The fraction of sp³-hybridized carbons (Fsp3) is 0.265. The van der Waals surface area contributed by atoms with Gasteiger partial charge in [-0.25, -0.2) is 0 Å². The molecule has 44 heavy (non-hydrogen) atoms. The molecule has 2 N–H and O–H groups in total. The van der Waals surface area contributed by atoms with E-state index in [0.29, 0.717) is 12.1 Å². The number of benzene rings is 4. The van der Waals surface area contributed by atoms with Crippen molar-refractivity contribution in [3.63, 3.8) is 0 Å². The zero-order valence-corrected chi connectivity index (χ0v) is 25.4. The summed E-state index contributed by atoms with van der Waals surface area (Å²) in [6.07, 6.45) is -5.52. The van der Waals surface area contributed by atoms with Gasteiger partial charge in [-0.2, -0.15) is 26.3 Å². The molecular formula is C34H32F6N2PS+. The predicted octanol–water partition coefficient (Wildman–Crippen LogP) is 9.19. The fourth-order valence-corrected chi connectivity index (χ4v) is 11.9. The average molecular weight is 646 g/mol. The van der Waals surface area contributed by atoms with Gasteiger partial charge in [-0.15, -0.1) is 0 Å². The van der Waals surface area contributed by atoms with Gasteiger partial charge >= 0.3 is 12.4 Å². The molecular weight excluding hydrogens is 613 g/mol. The maximum atomic E-state index is 13.5. The summed E-state index contributed by atoms with van der Waals surface area (Å²) >= 11 is 5.56. The van der Waals surface area contributed by atoms with Gasteiger partial charge in [0.05, 0.1) is 46.9 Å². The molecule has 0 aromatic heterocycles. The summed E-state index contributed by atoms with van der Waals surface area (Å²) in [4.78, 5) is 0. The number of thiocarbonyl (C=S) groups is 1. The fourth-order valence-electron chi connectivity index (χ4n) is 6.26. The topological polar surface area (TPSA) is 24.1 Å². The van der Waals surface area contributed by atoms with Gasteiger partial charge in [0.25, 0.3) is 0 Å². The molecule has 0 amide bonds. The van der Waals surface area contributed by atoms with E-state index in [4.69, 9.17) is 12.2 Å². The molecule has 0 spiro atoms. The Kier molecular flexibility index (Phi) is 9.66. The molecule has 10 heteroatoms. The van der Waals surface area contributed by atoms with E-state index in [2.05, 4.69) is 47.0 Å². The Hall–Kier alpha value is -3.42. The van der Waals surface area contributed by atoms with Crippen LogP contribution in [-0.2, 0) is 18.5 Å². The zero-order valence-electron chi connectivity index (χ0n) is 23.7. The minimum Gasteiger partial charge on any atom is -0.356 e. The maximum absolute atomic E-state index is 13.5. The molecule has 1 fully saturated rings. The van der Waals surface area contributed by atoms with E-state index in [0.717, 1.165) is 31.8 Å². The largest absolute Gasteiger partial charge is 0.416 e. The molecule has 0 saturated heterocycles. The number of hydrogen-bond acceptors (Lipinski definition) is 1. The summed E-state index contributed by atoms with van der Waals surface area (Å²) in [5, 5.41) is 8.46. The highest BCUT2D eigenvalue weighted by atomic mass is 32.1. The second-order valence-corrected chi connectivity index (χ2v) is 15.2. The molecule has 0 heterocycles. The van der Waals surface area contributed by atoms with Gasteiger partial charge in [0, 0.05) is 5.69 Å². The van der Waals surface area contributed by atoms with Gasteiger partial charge in [0.2, 0.25) is 0 Å². The van der Waals surface area contributed by atoms with Gasteiger partial charge < -0.3 is 10.6 Å². The van der Waals surface area contributed by atoms with E-state index in [9.17, 15) is 26.3 Å². The molecule has 1 saturated carbocycles. The minimum atomic E-state index is -4.95. The van der Waals surface area contributed by atoms with E-state index in [1.54, 1.807) is 0 Å². The number of hydrogen-bond donors (Lipinski definition) is 2. The predicted molar refractivity (Wildman–Crippen MR) is 171 cm³/mol. The molecule has 4 aromatic carbocycles. The Labute approximate surface area is 259 Å². The molecule has 4 aromatic rings. The van der Waals surface area contributed by atoms with Gasteiger partial charge in [-0.05, 0) is 79.5 Å². The first-order valence-corrected chi connectivity index (χ1v) is 16.8. The third-order valence-corrected chi connectivity index (χ3v) is 13.4. The lowest BCUT2D eigenvalue weighted by atomic mass is 9.95. The van der Waals surface area contributed by atoms with Crippen LogP contribution in [0, 0.1) is 0 Å². The Bertz CT molecular complexity index is 1470. The van der Waals surface area contributed by atoms with E-state index >= 15 is 0 Å². The highest BCUT2D eigenvalue weighted by molar-refractivity contribution is 7.89. The van der Waals surface area contributed by atoms with Crippen LogP contribution in [0.25, 0.3) is 0 Å². The monoisotopic (exact) mass is 645 g/mol. The molecule has 2 nitrogen and oxygen atoms in total. The van der Waals surface area contributed by atoms with Crippen LogP contribution in [-0.4, -0.2) is 16.8 Å². The zero-order chi connectivity index (χ0) is 31.4. The SMILES string of the molecule is FC(F)(F)c1cc(NC(=S)NC2CCCCC2[P+](Cc2ccccc2)(c2ccccc2)c2ccccc2)cc(C(F)(F)F)c1. The Balaban J connectivity index is 1.53. The van der Waals surface area contributed by atoms with Crippen LogP contribution < -0.4 is 21.2 Å². The molecule has 5 rings (SSSR count). The number of anilines is 1. The van der Waals surface area contributed by atoms with Gasteiger partial charge in [0.1, 0.15) is 0 Å². The first-order chi connectivity index (χ1) is 21.0. The number of rotatable bonds is 7. The van der Waals surface area contributed by atoms with Gasteiger partial charge in [0.15, 0.2) is 5.11 Å². The quantitative estimate of drug-likeness (QED) is 0.119. The van der Waals surface area contributed by atoms with Crippen molar-refractivity contribution in [2.24, 2.45) is 0 Å². The number of halogens is 6. The second-order valence-electron chi connectivity index (χ2n) is 11.0. The van der Waals surface area contributed by atoms with Crippen molar-refractivity contribution in [2.75, 3.05) is 5.32 Å². The summed E-state index contributed by atoms with van der Waals surface area (Å²) in [6.45, 7) is 0. The summed E-state index contributed by atoms with van der Waals surface area (Å²) in [5.41, 5.74) is -1.85. The van der Waals surface area contributed by atoms with Gasteiger partial charge in [-0.1, -0.05) is 73.2 Å². The normalized spacial score (nSPS) is 17.6. The Morgan fingerprint density at radius 3 is 1.66 bits per heavy atom. The lowest BCUT2D eigenvalue weighted by molar-refractivity contribution is -0.143. The van der Waals surface area contributed by atoms with Crippen molar-refractivity contribution >= 4 is 40.9 Å². The number of nitrogens with one attached hydrogen (secondary N) is 2. The van der Waals surface area contributed by atoms with E-state index in [1.165, 1.54) is 16.2 Å². The van der Waals surface area contributed by atoms with Crippen molar-refractivity contribution < 1.29 is 26.3 Å². The standard InChI is InChI=1S/C34H31F6N2PS/c35-33(36,37)25-20-26(34(38,39)40)22-27(21-25)41-32(44)42-30-18-10-11-19-31(30)43(28-14-6-2-7-15-28,29-16-8-3-9-17-29)23-24-12-4-1-5-13-24/h1-9,12-17,20-22,30-31H,10-11,18-19,23H2,(H-,41,42,44)/p+1. The van der Waals surface area contributed by atoms with Gasteiger partial charge in [-0.3, -0.25) is 0 Å². The molecule has 0 radical (unpaired) electrons. The third kappa shape index (κ3) is 7.27. The summed E-state index contributed by atoms with van der Waals surface area (Å²) in [6, 6.07) is 32.4. The van der Waals surface area contributed by atoms with Crippen LogP contribution in [0.15, 0.2) is 109 Å². The summed E-state index contributed by atoms with van der Waals surface area (Å²) in [7, 11) is -2.20. The lowest BCUT2D eigenvalue weighted by Crippen LogP contribution is -2.50. The molecule has 2 atom stereocenters. The van der Waals surface area contributed by atoms with Crippen molar-refractivity contribution in [2.45, 2.75) is 55.9 Å². The van der Waals surface area contributed by atoms with Crippen molar-refractivity contribution in [3.05, 3.63) is 126 Å². The summed E-state index contributed by atoms with van der Waals surface area (Å²) in [5.74, 6) is 0. The third-order valence-electron chi connectivity index (χ3n) is 8.17. The smallest absolute Gasteiger partial charge is 0.356 e. The molecule has 0 aliphatic heterocycles. The molecule has 1 aliphatic carbocycles. The van der Waals surface area contributed by atoms with Crippen molar-refractivity contribution in [1.29, 1.82) is 0 Å². The Morgan fingerprint density at radius 2 is 1.16 bits per heavy atom. The van der Waals surface area contributed by atoms with Crippen LogP contribution >= 0.6 is 19.5 Å². The first-order valence-electron chi connectivity index (χ1n) is 14.4. The van der Waals surface area contributed by atoms with Crippen molar-refractivity contribution in [3.8, 4) is 0 Å². The van der Waals surface area contributed by atoms with Crippen molar-refractivity contribution in [1.82, 2.24) is 5.32 Å². The van der Waals surface area contributed by atoms with Crippen LogP contribution in [0.3, 0.4) is 0 Å². The molecule has 230 valence electrons. The minimum absolute atomic E-state index is 0.00622.